The maximum absolute atomic E-state index is 8.52. The summed E-state index contributed by atoms with van der Waals surface area (Å²) >= 11 is 0. The molecule has 0 heterocycles. The Balaban J connectivity index is -0.00000000800. The average Bonchev–Trinajstić information content (AvgIpc) is 1.25. The summed E-state index contributed by atoms with van der Waals surface area (Å²) < 4.78 is 17.0. The van der Waals surface area contributed by atoms with Crippen molar-refractivity contribution in [1.82, 2.24) is 0 Å². The fraction of sp³-hybridized carbons (Fsp3) is 0. The third kappa shape index (κ3) is 435. The van der Waals surface area contributed by atoms with E-state index in [1.807, 2.05) is 0 Å². The Morgan fingerprint density at radius 3 is 0.818 bits per heavy atom. The molecular formula is H8Al2CaO6Si2-4. The van der Waals surface area contributed by atoms with Gasteiger partial charge < -0.3 is 31.0 Å². The Hall–Kier alpha value is 1.56. The summed E-state index contributed by atoms with van der Waals surface area (Å²) in [6, 6.07) is 0. The fourth-order valence-electron chi connectivity index (χ4n) is 0. The molecule has 11 heavy (non-hydrogen) atoms. The smallest absolute Gasteiger partial charge is 1.00 e. The van der Waals surface area contributed by atoms with E-state index in [0.29, 0.717) is 0 Å². The van der Waals surface area contributed by atoms with Crippen LogP contribution in [0.5, 0.6) is 0 Å². The third-order valence-corrected chi connectivity index (χ3v) is 0. The van der Waals surface area contributed by atoms with Gasteiger partial charge >= 0.3 is 37.7 Å². The summed E-state index contributed by atoms with van der Waals surface area (Å²) in [5.41, 5.74) is 0. The van der Waals surface area contributed by atoms with E-state index in [9.17, 15) is 0 Å². The Morgan fingerprint density at radius 2 is 0.818 bits per heavy atom. The van der Waals surface area contributed by atoms with Crippen molar-refractivity contribution < 1.29 is 31.0 Å². The zero-order chi connectivity index (χ0) is 7.15. The topological polar surface area (TPSA) is 126 Å². The molecule has 6 nitrogen and oxygen atoms in total. The second-order valence-electron chi connectivity index (χ2n) is 0.500. The molecule has 0 aliphatic heterocycles. The minimum atomic E-state index is -3.63. The van der Waals surface area contributed by atoms with Gasteiger partial charge in [0.2, 0.25) is 0 Å². The van der Waals surface area contributed by atoms with Crippen LogP contribution in [0.4, 0.5) is 0 Å². The second kappa shape index (κ2) is 22.6. The van der Waals surface area contributed by atoms with Gasteiger partial charge in [0.05, 0.1) is 0 Å². The maximum Gasteiger partial charge on any atom is 2.00 e. The zero-order valence-electron chi connectivity index (χ0n) is 6.16. The number of rotatable bonds is 0. The molecule has 0 unspecified atom stereocenters. The van der Waals surface area contributed by atoms with Crippen LogP contribution in [0.25, 0.3) is 0 Å². The van der Waals surface area contributed by atoms with Crippen LogP contribution in [-0.2, 0) is 8.92 Å². The predicted molar refractivity (Wildman–Crippen MR) is 40.7 cm³/mol. The molecule has 0 saturated heterocycles. The van der Waals surface area contributed by atoms with Crippen LogP contribution in [0.2, 0.25) is 0 Å². The van der Waals surface area contributed by atoms with Gasteiger partial charge in [0.15, 0.2) is 34.7 Å². The van der Waals surface area contributed by atoms with Crippen LogP contribution < -0.4 is 19.2 Å². The molecule has 0 saturated carbocycles. The Morgan fingerprint density at radius 1 is 0.818 bits per heavy atom. The van der Waals surface area contributed by atoms with Crippen LogP contribution in [0.15, 0.2) is 0 Å². The largest absolute Gasteiger partial charge is 2.00 e. The Kier molecular flexibility index (Phi) is 60.2. The fourth-order valence-corrected chi connectivity index (χ4v) is 0. The van der Waals surface area contributed by atoms with E-state index in [4.69, 9.17) is 28.1 Å². The van der Waals surface area contributed by atoms with E-state index in [0.717, 1.165) is 0 Å². The molecule has 0 spiro atoms. The molecule has 0 aliphatic carbocycles. The first-order valence-electron chi connectivity index (χ1n) is 1.22. The third-order valence-electron chi connectivity index (χ3n) is 0. The van der Waals surface area contributed by atoms with Crippen molar-refractivity contribution >= 4 is 90.8 Å². The van der Waals surface area contributed by atoms with Gasteiger partial charge in [-0.1, -0.05) is 0 Å². The van der Waals surface area contributed by atoms with E-state index in [1.165, 1.54) is 0 Å². The van der Waals surface area contributed by atoms with Crippen LogP contribution in [0, 0.1) is 0 Å². The molecule has 0 aromatic rings. The standard InChI is InChI=1S/2Al.Ca.2O3Si.8H/c;;;2*1-4(2)3;;;;;;;;/q;;+2;2*-2;;;;;;;2*-1. The molecule has 0 rings (SSSR count). The van der Waals surface area contributed by atoms with E-state index in [-0.39, 0.29) is 75.3 Å². The van der Waals surface area contributed by atoms with Crippen LogP contribution in [0.1, 0.15) is 2.85 Å². The van der Waals surface area contributed by atoms with Crippen molar-refractivity contribution in [2.45, 2.75) is 0 Å². The summed E-state index contributed by atoms with van der Waals surface area (Å²) in [6.07, 6.45) is 0. The SMILES string of the molecule is O=[Si]([O-])[O-].O=[Si]([O-])[O-].[AlH3].[AlH3].[Ca+2].[H-].[H-]. The second-order valence-corrected chi connectivity index (χ2v) is 1.50. The first-order chi connectivity index (χ1) is 3.46. The molecular weight excluding hydrogens is 246 g/mol. The molecule has 0 bridgehead atoms. The molecule has 64 valence electrons. The first kappa shape index (κ1) is 29.4. The van der Waals surface area contributed by atoms with Gasteiger partial charge in [-0.3, -0.25) is 0 Å². The van der Waals surface area contributed by atoms with Crippen LogP contribution in [-0.4, -0.2) is 90.8 Å². The van der Waals surface area contributed by atoms with E-state index < -0.39 is 18.3 Å². The molecule has 0 aromatic heterocycles. The van der Waals surface area contributed by atoms with Crippen LogP contribution >= 0.6 is 0 Å². The van der Waals surface area contributed by atoms with Crippen molar-refractivity contribution in [2.24, 2.45) is 0 Å². The Labute approximate surface area is 120 Å². The van der Waals surface area contributed by atoms with Crippen molar-refractivity contribution in [3.8, 4) is 0 Å². The van der Waals surface area contributed by atoms with Crippen LogP contribution in [0.3, 0.4) is 0 Å². The minimum Gasteiger partial charge on any atom is -1.00 e. The first-order valence-corrected chi connectivity index (χ1v) is 3.67. The summed E-state index contributed by atoms with van der Waals surface area (Å²) in [7, 11) is -7.26. The molecule has 0 fully saturated rings. The summed E-state index contributed by atoms with van der Waals surface area (Å²) in [6.45, 7) is 0. The van der Waals surface area contributed by atoms with Gasteiger partial charge in [0, 0.05) is 18.3 Å². The number of hydrogen-bond donors (Lipinski definition) is 0. The van der Waals surface area contributed by atoms with E-state index >= 15 is 0 Å². The summed E-state index contributed by atoms with van der Waals surface area (Å²) in [5.74, 6) is 0. The molecule has 11 heteroatoms. The molecule has 0 aliphatic rings. The van der Waals surface area contributed by atoms with Crippen molar-refractivity contribution in [1.29, 1.82) is 0 Å². The maximum atomic E-state index is 8.52. The van der Waals surface area contributed by atoms with Gasteiger partial charge in [0.1, 0.15) is 0 Å². The molecule has 0 aromatic carbocycles. The van der Waals surface area contributed by atoms with Crippen molar-refractivity contribution in [3.63, 3.8) is 0 Å². The predicted octanol–water partition coefficient (Wildman–Crippen LogP) is -8.28. The van der Waals surface area contributed by atoms with Gasteiger partial charge in [-0.2, -0.15) is 0 Å². The number of hydrogen-bond acceptors (Lipinski definition) is 6. The average molecular weight is 254 g/mol. The van der Waals surface area contributed by atoms with Gasteiger partial charge in [0.25, 0.3) is 0 Å². The summed E-state index contributed by atoms with van der Waals surface area (Å²) in [5, 5.41) is 0. The van der Waals surface area contributed by atoms with Crippen molar-refractivity contribution in [2.75, 3.05) is 0 Å². The molecule has 0 amide bonds. The van der Waals surface area contributed by atoms with Gasteiger partial charge in [-0.15, -0.1) is 0 Å². The normalized spacial score (nSPS) is 4.36. The van der Waals surface area contributed by atoms with Crippen molar-refractivity contribution in [3.05, 3.63) is 0 Å². The van der Waals surface area contributed by atoms with Gasteiger partial charge in [-0.25, -0.2) is 0 Å². The molecule has 0 atom stereocenters. The van der Waals surface area contributed by atoms with Gasteiger partial charge in [-0.05, 0) is 0 Å². The van der Waals surface area contributed by atoms with E-state index in [2.05, 4.69) is 0 Å². The summed E-state index contributed by atoms with van der Waals surface area (Å²) in [4.78, 5) is 34.1. The molecule has 0 radical (unpaired) electrons. The minimum absolute atomic E-state index is 0. The molecule has 0 N–H and O–H groups in total. The Bertz CT molecular complexity index is 84.6. The monoisotopic (exact) mass is 254 g/mol. The zero-order valence-corrected chi connectivity index (χ0v) is 8.36. The van der Waals surface area contributed by atoms with E-state index in [1.54, 1.807) is 0 Å². The quantitative estimate of drug-likeness (QED) is 0.395.